The standard InChI is InChI=1S/C15H22N2O4/c1-16(12-5-3-4-6-14(12)18)10-11-7-8-15(21-2)13(9-11)17(19)20/h7-9,12,14,18H,3-6,10H2,1-2H3/t12-,14+/m1/s1. The van der Waals surface area contributed by atoms with Crippen molar-refractivity contribution < 1.29 is 14.8 Å². The first-order valence-corrected chi connectivity index (χ1v) is 7.22. The molecule has 0 spiro atoms. The van der Waals surface area contributed by atoms with Crippen LogP contribution < -0.4 is 4.74 Å². The summed E-state index contributed by atoms with van der Waals surface area (Å²) in [6, 6.07) is 5.13. The van der Waals surface area contributed by atoms with Crippen molar-refractivity contribution in [2.75, 3.05) is 14.2 Å². The molecular weight excluding hydrogens is 272 g/mol. The number of rotatable bonds is 5. The number of benzene rings is 1. The van der Waals surface area contributed by atoms with E-state index in [-0.39, 0.29) is 23.6 Å². The highest BCUT2D eigenvalue weighted by Crippen LogP contribution is 2.29. The molecule has 1 aliphatic carbocycles. The summed E-state index contributed by atoms with van der Waals surface area (Å²) in [5.41, 5.74) is 0.829. The summed E-state index contributed by atoms with van der Waals surface area (Å²) < 4.78 is 5.00. The number of nitrogens with zero attached hydrogens (tertiary/aromatic N) is 2. The first-order valence-electron chi connectivity index (χ1n) is 7.22. The van der Waals surface area contributed by atoms with E-state index in [4.69, 9.17) is 4.74 Å². The lowest BCUT2D eigenvalue weighted by Crippen LogP contribution is -2.42. The molecule has 0 aliphatic heterocycles. The molecular formula is C15H22N2O4. The number of likely N-dealkylation sites (N-methyl/N-ethyl adjacent to an activating group) is 1. The van der Waals surface area contributed by atoms with Crippen LogP contribution in [0.1, 0.15) is 31.2 Å². The predicted molar refractivity (Wildman–Crippen MR) is 79.4 cm³/mol. The zero-order valence-corrected chi connectivity index (χ0v) is 12.5. The van der Waals surface area contributed by atoms with Gasteiger partial charge in [-0.2, -0.15) is 0 Å². The summed E-state index contributed by atoms with van der Waals surface area (Å²) in [7, 11) is 3.38. The molecule has 1 fully saturated rings. The van der Waals surface area contributed by atoms with Crippen LogP contribution in [0.2, 0.25) is 0 Å². The third kappa shape index (κ3) is 3.71. The Kier molecular flexibility index (Phi) is 5.14. The van der Waals surface area contributed by atoms with Crippen molar-refractivity contribution in [2.45, 2.75) is 44.4 Å². The average molecular weight is 294 g/mol. The molecule has 6 heteroatoms. The maximum absolute atomic E-state index is 11.0. The second-order valence-electron chi connectivity index (χ2n) is 5.60. The molecule has 0 aromatic heterocycles. The van der Waals surface area contributed by atoms with Gasteiger partial charge in [0.05, 0.1) is 18.1 Å². The Morgan fingerprint density at radius 1 is 1.43 bits per heavy atom. The van der Waals surface area contributed by atoms with Crippen LogP contribution in [-0.4, -0.2) is 41.2 Å². The molecule has 0 bridgehead atoms. The van der Waals surface area contributed by atoms with E-state index in [0.717, 1.165) is 31.2 Å². The Balaban J connectivity index is 2.11. The Morgan fingerprint density at radius 3 is 2.76 bits per heavy atom. The van der Waals surface area contributed by atoms with Crippen LogP contribution in [0.25, 0.3) is 0 Å². The number of aliphatic hydroxyl groups excluding tert-OH is 1. The van der Waals surface area contributed by atoms with Gasteiger partial charge in [-0.25, -0.2) is 0 Å². The first kappa shape index (κ1) is 15.7. The minimum Gasteiger partial charge on any atom is -0.490 e. The molecule has 1 saturated carbocycles. The number of nitro benzene ring substituents is 1. The molecule has 2 rings (SSSR count). The molecule has 0 radical (unpaired) electrons. The van der Waals surface area contributed by atoms with Crippen molar-refractivity contribution in [1.82, 2.24) is 4.90 Å². The second kappa shape index (κ2) is 6.87. The monoisotopic (exact) mass is 294 g/mol. The van der Waals surface area contributed by atoms with Gasteiger partial charge in [0.25, 0.3) is 0 Å². The van der Waals surface area contributed by atoms with Crippen molar-refractivity contribution >= 4 is 5.69 Å². The summed E-state index contributed by atoms with van der Waals surface area (Å²) in [6.45, 7) is 0.576. The average Bonchev–Trinajstić information content (AvgIpc) is 2.47. The number of methoxy groups -OCH3 is 1. The fourth-order valence-corrected chi connectivity index (χ4v) is 2.99. The molecule has 1 aliphatic rings. The highest BCUT2D eigenvalue weighted by molar-refractivity contribution is 5.48. The molecule has 0 amide bonds. The van der Waals surface area contributed by atoms with Gasteiger partial charge in [-0.1, -0.05) is 18.9 Å². The number of hydrogen-bond donors (Lipinski definition) is 1. The highest BCUT2D eigenvalue weighted by Gasteiger charge is 2.27. The minimum absolute atomic E-state index is 0.0207. The van der Waals surface area contributed by atoms with Gasteiger partial charge >= 0.3 is 5.69 Å². The predicted octanol–water partition coefficient (Wildman–Crippen LogP) is 2.34. The first-order chi connectivity index (χ1) is 10.0. The maximum Gasteiger partial charge on any atom is 0.311 e. The molecule has 21 heavy (non-hydrogen) atoms. The van der Waals surface area contributed by atoms with Crippen molar-refractivity contribution in [2.24, 2.45) is 0 Å². The molecule has 6 nitrogen and oxygen atoms in total. The molecule has 0 saturated heterocycles. The van der Waals surface area contributed by atoms with Crippen LogP contribution in [0, 0.1) is 10.1 Å². The van der Waals surface area contributed by atoms with E-state index < -0.39 is 4.92 Å². The van der Waals surface area contributed by atoms with E-state index in [1.54, 1.807) is 12.1 Å². The number of aliphatic hydroxyl groups is 1. The van der Waals surface area contributed by atoms with Gasteiger partial charge in [0.15, 0.2) is 5.75 Å². The fraction of sp³-hybridized carbons (Fsp3) is 0.600. The van der Waals surface area contributed by atoms with Gasteiger partial charge in [-0.05, 0) is 31.5 Å². The summed E-state index contributed by atoms with van der Waals surface area (Å²) in [4.78, 5) is 12.7. The Morgan fingerprint density at radius 2 is 2.14 bits per heavy atom. The smallest absolute Gasteiger partial charge is 0.311 e. The Labute approximate surface area is 124 Å². The van der Waals surface area contributed by atoms with E-state index in [0.29, 0.717) is 6.54 Å². The highest BCUT2D eigenvalue weighted by atomic mass is 16.6. The van der Waals surface area contributed by atoms with E-state index in [2.05, 4.69) is 4.90 Å². The lowest BCUT2D eigenvalue weighted by molar-refractivity contribution is -0.385. The third-order valence-corrected chi connectivity index (χ3v) is 4.13. The molecule has 0 unspecified atom stereocenters. The topological polar surface area (TPSA) is 75.8 Å². The van der Waals surface area contributed by atoms with Gasteiger partial charge in [0.1, 0.15) is 0 Å². The van der Waals surface area contributed by atoms with Crippen LogP contribution >= 0.6 is 0 Å². The number of ether oxygens (including phenoxy) is 1. The van der Waals surface area contributed by atoms with E-state index in [9.17, 15) is 15.2 Å². The molecule has 116 valence electrons. The lowest BCUT2D eigenvalue weighted by Gasteiger charge is -2.35. The van der Waals surface area contributed by atoms with Crippen LogP contribution in [-0.2, 0) is 6.54 Å². The minimum atomic E-state index is -0.433. The third-order valence-electron chi connectivity index (χ3n) is 4.13. The zero-order chi connectivity index (χ0) is 15.4. The summed E-state index contributed by atoms with van der Waals surface area (Å²) in [5, 5.41) is 21.1. The number of hydrogen-bond acceptors (Lipinski definition) is 5. The van der Waals surface area contributed by atoms with Crippen LogP contribution in [0.5, 0.6) is 5.75 Å². The Bertz CT molecular complexity index is 506. The van der Waals surface area contributed by atoms with Crippen LogP contribution in [0.4, 0.5) is 5.69 Å². The van der Waals surface area contributed by atoms with Crippen molar-refractivity contribution in [1.29, 1.82) is 0 Å². The van der Waals surface area contributed by atoms with Gasteiger partial charge in [-0.15, -0.1) is 0 Å². The number of nitro groups is 1. The SMILES string of the molecule is COc1ccc(CN(C)[C@@H]2CCCC[C@@H]2O)cc1[N+](=O)[O-]. The normalized spacial score (nSPS) is 22.3. The quantitative estimate of drug-likeness (QED) is 0.666. The van der Waals surface area contributed by atoms with E-state index in [1.807, 2.05) is 13.1 Å². The van der Waals surface area contributed by atoms with Crippen molar-refractivity contribution in [3.63, 3.8) is 0 Å². The lowest BCUT2D eigenvalue weighted by atomic mass is 9.91. The van der Waals surface area contributed by atoms with Crippen LogP contribution in [0.15, 0.2) is 18.2 Å². The molecule has 1 N–H and O–H groups in total. The second-order valence-corrected chi connectivity index (χ2v) is 5.60. The zero-order valence-electron chi connectivity index (χ0n) is 12.5. The van der Waals surface area contributed by atoms with E-state index in [1.165, 1.54) is 7.11 Å². The van der Waals surface area contributed by atoms with Gasteiger partial charge in [-0.3, -0.25) is 15.0 Å². The molecule has 0 heterocycles. The van der Waals surface area contributed by atoms with Crippen molar-refractivity contribution in [3.8, 4) is 5.75 Å². The summed E-state index contributed by atoms with van der Waals surface area (Å²) >= 11 is 0. The molecule has 2 atom stereocenters. The van der Waals surface area contributed by atoms with Gasteiger partial charge in [0, 0.05) is 18.7 Å². The Hall–Kier alpha value is -1.66. The fourth-order valence-electron chi connectivity index (χ4n) is 2.99. The molecule has 1 aromatic rings. The van der Waals surface area contributed by atoms with E-state index >= 15 is 0 Å². The molecule has 1 aromatic carbocycles. The summed E-state index contributed by atoms with van der Waals surface area (Å²) in [5.74, 6) is 0.268. The van der Waals surface area contributed by atoms with Gasteiger partial charge in [0.2, 0.25) is 0 Å². The van der Waals surface area contributed by atoms with Crippen LogP contribution in [0.3, 0.4) is 0 Å². The maximum atomic E-state index is 11.0. The summed E-state index contributed by atoms with van der Waals surface area (Å²) in [6.07, 6.45) is 3.68. The van der Waals surface area contributed by atoms with Crippen molar-refractivity contribution in [3.05, 3.63) is 33.9 Å². The largest absolute Gasteiger partial charge is 0.490 e. The van der Waals surface area contributed by atoms with Gasteiger partial charge < -0.3 is 9.84 Å².